The molecule has 6 nitrogen and oxygen atoms in total. The highest BCUT2D eigenvalue weighted by Gasteiger charge is 2.31. The number of aliphatic hydroxyl groups is 1. The molecule has 1 unspecified atom stereocenters. The van der Waals surface area contributed by atoms with E-state index < -0.39 is 41.7 Å². The molecule has 0 saturated carbocycles. The van der Waals surface area contributed by atoms with Crippen LogP contribution in [-0.4, -0.2) is 39.6 Å². The molecule has 2 atom stereocenters. The van der Waals surface area contributed by atoms with Gasteiger partial charge >= 0.3 is 0 Å². The molecule has 0 bridgehead atoms. The lowest BCUT2D eigenvalue weighted by Gasteiger charge is -2.18. The summed E-state index contributed by atoms with van der Waals surface area (Å²) >= 11 is 5.86. The normalized spacial score (nSPS) is 13.1. The minimum atomic E-state index is -3.44. The van der Waals surface area contributed by atoms with Gasteiger partial charge in [-0.15, -0.1) is 0 Å². The minimum Gasteiger partial charge on any atom is -0.362 e. The predicted octanol–water partition coefficient (Wildman–Crippen LogP) is 3.34. The molecular formula is C20H14ClF4N3O3. The lowest BCUT2D eigenvalue weighted by molar-refractivity contribution is -0.0481. The van der Waals surface area contributed by atoms with Crippen molar-refractivity contribution in [1.29, 1.82) is 0 Å². The van der Waals surface area contributed by atoms with E-state index in [-0.39, 0.29) is 11.4 Å². The average Bonchev–Trinajstić information content (AvgIpc) is 2.72. The summed E-state index contributed by atoms with van der Waals surface area (Å²) in [4.78, 5) is 25.3. The molecule has 0 saturated heterocycles. The Balaban J connectivity index is 2.16. The fourth-order valence-electron chi connectivity index (χ4n) is 2.68. The van der Waals surface area contributed by atoms with Gasteiger partial charge in [0.25, 0.3) is 17.9 Å². The highest BCUT2D eigenvalue weighted by Crippen LogP contribution is 2.21. The van der Waals surface area contributed by atoms with Crippen LogP contribution in [0.15, 0.2) is 59.4 Å². The lowest BCUT2D eigenvalue weighted by Crippen LogP contribution is -2.48. The van der Waals surface area contributed by atoms with E-state index in [9.17, 15) is 27.2 Å². The van der Waals surface area contributed by atoms with Crippen molar-refractivity contribution in [3.63, 3.8) is 0 Å². The van der Waals surface area contributed by atoms with Gasteiger partial charge in [0.1, 0.15) is 17.4 Å². The van der Waals surface area contributed by atoms with Crippen LogP contribution in [0.25, 0.3) is 16.9 Å². The van der Waals surface area contributed by atoms with Crippen LogP contribution in [0, 0.1) is 5.82 Å². The number of hydrogen-bond donors (Lipinski definition) is 2. The minimum absolute atomic E-state index is 0.0363. The third-order valence-corrected chi connectivity index (χ3v) is 4.47. The van der Waals surface area contributed by atoms with Crippen molar-refractivity contribution >= 4 is 17.5 Å². The van der Waals surface area contributed by atoms with Gasteiger partial charge in [0.2, 0.25) is 6.36 Å². The van der Waals surface area contributed by atoms with Crippen molar-refractivity contribution < 1.29 is 27.5 Å². The van der Waals surface area contributed by atoms with Gasteiger partial charge in [-0.1, -0.05) is 29.8 Å². The summed E-state index contributed by atoms with van der Waals surface area (Å²) in [7, 11) is 0. The molecule has 0 aliphatic carbocycles. The standard InChI is InChI=1S/C20H14ClF4N3O3/c21-11-6-4-10(5-7-11)15-9-14(19(30)26-16(17(23)24)18(25)29)20(31)28(27-15)13-3-1-2-12(22)8-13/h1-9,16-18,29H,(H,26,30)/t16-,18?/m1/s1. The van der Waals surface area contributed by atoms with Crippen LogP contribution in [0.3, 0.4) is 0 Å². The summed E-state index contributed by atoms with van der Waals surface area (Å²) in [5.74, 6) is -2.05. The molecule has 1 amide bonds. The number of benzene rings is 2. The Bertz CT molecular complexity index is 1150. The monoisotopic (exact) mass is 455 g/mol. The predicted molar refractivity (Wildman–Crippen MR) is 105 cm³/mol. The van der Waals surface area contributed by atoms with Gasteiger partial charge in [-0.3, -0.25) is 9.59 Å². The quantitative estimate of drug-likeness (QED) is 0.558. The fraction of sp³-hybridized carbons (Fsp3) is 0.150. The second-order valence-electron chi connectivity index (χ2n) is 6.35. The maximum absolute atomic E-state index is 13.7. The second kappa shape index (κ2) is 9.27. The number of rotatable bonds is 6. The van der Waals surface area contributed by atoms with Crippen LogP contribution in [0.2, 0.25) is 5.02 Å². The number of aromatic nitrogens is 2. The number of carbonyl (C=O) groups is 1. The van der Waals surface area contributed by atoms with E-state index in [0.29, 0.717) is 15.3 Å². The summed E-state index contributed by atoms with van der Waals surface area (Å²) in [6.45, 7) is 0. The summed E-state index contributed by atoms with van der Waals surface area (Å²) in [6.07, 6.45) is -6.50. The van der Waals surface area contributed by atoms with Crippen LogP contribution in [-0.2, 0) is 0 Å². The first-order valence-electron chi connectivity index (χ1n) is 8.75. The molecule has 0 aliphatic rings. The van der Waals surface area contributed by atoms with E-state index >= 15 is 0 Å². The van der Waals surface area contributed by atoms with E-state index in [1.807, 2.05) is 0 Å². The summed E-state index contributed by atoms with van der Waals surface area (Å²) in [5, 5.41) is 15.0. The van der Waals surface area contributed by atoms with Gasteiger partial charge < -0.3 is 10.4 Å². The smallest absolute Gasteiger partial charge is 0.284 e. The Morgan fingerprint density at radius 2 is 1.77 bits per heavy atom. The Morgan fingerprint density at radius 3 is 2.35 bits per heavy atom. The Hall–Kier alpha value is -3.24. The van der Waals surface area contributed by atoms with Crippen molar-refractivity contribution in [2.75, 3.05) is 0 Å². The van der Waals surface area contributed by atoms with Crippen molar-refractivity contribution in [3.05, 3.63) is 81.4 Å². The number of hydrogen-bond acceptors (Lipinski definition) is 4. The van der Waals surface area contributed by atoms with Gasteiger partial charge in [0.15, 0.2) is 0 Å². The van der Waals surface area contributed by atoms with Crippen molar-refractivity contribution in [2.45, 2.75) is 18.8 Å². The first kappa shape index (κ1) is 22.4. The molecule has 0 radical (unpaired) electrons. The van der Waals surface area contributed by atoms with Crippen LogP contribution in [0.1, 0.15) is 10.4 Å². The summed E-state index contributed by atoms with van der Waals surface area (Å²) in [6, 6.07) is 9.31. The maximum atomic E-state index is 13.7. The highest BCUT2D eigenvalue weighted by atomic mass is 35.5. The molecule has 31 heavy (non-hydrogen) atoms. The van der Waals surface area contributed by atoms with Crippen molar-refractivity contribution in [3.8, 4) is 16.9 Å². The van der Waals surface area contributed by atoms with Crippen LogP contribution in [0.5, 0.6) is 0 Å². The highest BCUT2D eigenvalue weighted by molar-refractivity contribution is 6.30. The number of alkyl halides is 3. The molecular weight excluding hydrogens is 442 g/mol. The molecule has 0 spiro atoms. The van der Waals surface area contributed by atoms with Crippen LogP contribution in [0.4, 0.5) is 17.6 Å². The van der Waals surface area contributed by atoms with E-state index in [1.165, 1.54) is 36.4 Å². The summed E-state index contributed by atoms with van der Waals surface area (Å²) in [5.41, 5.74) is -1.32. The van der Waals surface area contributed by atoms with E-state index in [0.717, 1.165) is 18.2 Å². The zero-order chi connectivity index (χ0) is 22.7. The number of aliphatic hydroxyl groups excluding tert-OH is 1. The molecule has 162 valence electrons. The topological polar surface area (TPSA) is 84.2 Å². The third kappa shape index (κ3) is 5.09. The average molecular weight is 456 g/mol. The van der Waals surface area contributed by atoms with Gasteiger partial charge in [0.05, 0.1) is 11.4 Å². The van der Waals surface area contributed by atoms with E-state index in [2.05, 4.69) is 5.10 Å². The van der Waals surface area contributed by atoms with Gasteiger partial charge in [0, 0.05) is 10.6 Å². The molecule has 1 aromatic heterocycles. The number of nitrogens with zero attached hydrogens (tertiary/aromatic N) is 2. The maximum Gasteiger partial charge on any atom is 0.284 e. The van der Waals surface area contributed by atoms with Gasteiger partial charge in [-0.25, -0.2) is 17.6 Å². The molecule has 1 heterocycles. The van der Waals surface area contributed by atoms with Gasteiger partial charge in [-0.2, -0.15) is 9.78 Å². The summed E-state index contributed by atoms with van der Waals surface area (Å²) < 4.78 is 53.3. The Labute approximate surface area is 177 Å². The number of carbonyl (C=O) groups excluding carboxylic acids is 1. The molecule has 0 fully saturated rings. The van der Waals surface area contributed by atoms with Crippen molar-refractivity contribution in [1.82, 2.24) is 15.1 Å². The largest absolute Gasteiger partial charge is 0.362 e. The Kier molecular flexibility index (Phi) is 6.71. The molecule has 3 rings (SSSR count). The van der Waals surface area contributed by atoms with E-state index in [4.69, 9.17) is 16.7 Å². The molecule has 2 N–H and O–H groups in total. The third-order valence-electron chi connectivity index (χ3n) is 4.21. The van der Waals surface area contributed by atoms with Gasteiger partial charge in [-0.05, 0) is 36.4 Å². The molecule has 2 aromatic carbocycles. The molecule has 11 heteroatoms. The number of nitrogens with one attached hydrogen (secondary N) is 1. The van der Waals surface area contributed by atoms with Crippen LogP contribution < -0.4 is 10.9 Å². The first-order chi connectivity index (χ1) is 14.7. The lowest BCUT2D eigenvalue weighted by atomic mass is 10.1. The Morgan fingerprint density at radius 1 is 1.10 bits per heavy atom. The molecule has 0 aliphatic heterocycles. The van der Waals surface area contributed by atoms with Crippen molar-refractivity contribution in [2.24, 2.45) is 0 Å². The SMILES string of the molecule is O=C(N[C@@H](C(O)F)C(F)F)c1cc(-c2ccc(Cl)cc2)nn(-c2cccc(F)c2)c1=O. The number of amides is 1. The molecule has 3 aromatic rings. The van der Waals surface area contributed by atoms with Crippen LogP contribution >= 0.6 is 11.6 Å². The van der Waals surface area contributed by atoms with E-state index in [1.54, 1.807) is 5.32 Å². The fourth-order valence-corrected chi connectivity index (χ4v) is 2.81. The second-order valence-corrected chi connectivity index (χ2v) is 6.79. The number of halogens is 5. The zero-order valence-corrected chi connectivity index (χ0v) is 16.2. The zero-order valence-electron chi connectivity index (χ0n) is 15.5. The first-order valence-corrected chi connectivity index (χ1v) is 9.12.